The fraction of sp³-hybridized carbons (Fsp3) is 0.385. The lowest BCUT2D eigenvalue weighted by molar-refractivity contribution is 0.101. The first-order chi connectivity index (χ1) is 8.43. The van der Waals surface area contributed by atoms with Crippen LogP contribution in [0.4, 0.5) is 0 Å². The number of likely N-dealkylation sites (N-methyl/N-ethyl adjacent to an activating group) is 1. The molecule has 2 N–H and O–H groups in total. The van der Waals surface area contributed by atoms with Gasteiger partial charge in [-0.1, -0.05) is 6.58 Å². The number of hydrogen-bond donors (Lipinski definition) is 1. The van der Waals surface area contributed by atoms with Crippen LogP contribution in [0.5, 0.6) is 0 Å². The molecule has 0 atom stereocenters. The summed E-state index contributed by atoms with van der Waals surface area (Å²) in [6.07, 6.45) is 1.63. The molecule has 0 saturated heterocycles. The maximum atomic E-state index is 11.5. The Morgan fingerprint density at radius 1 is 1.44 bits per heavy atom. The molecule has 1 aromatic heterocycles. The van der Waals surface area contributed by atoms with Gasteiger partial charge in [-0.05, 0) is 33.2 Å². The van der Waals surface area contributed by atoms with Gasteiger partial charge >= 0.3 is 0 Å². The molecule has 0 aromatic carbocycles. The Morgan fingerprint density at radius 2 is 2.11 bits per heavy atom. The summed E-state index contributed by atoms with van der Waals surface area (Å²) in [6.45, 7) is 6.85. The van der Waals surface area contributed by atoms with E-state index in [1.54, 1.807) is 18.3 Å². The summed E-state index contributed by atoms with van der Waals surface area (Å²) >= 11 is 0. The van der Waals surface area contributed by atoms with E-state index >= 15 is 0 Å². The Balaban J connectivity index is 2.86. The van der Waals surface area contributed by atoms with E-state index in [9.17, 15) is 4.79 Å². The number of pyridine rings is 1. The van der Waals surface area contributed by atoms with Gasteiger partial charge in [0.15, 0.2) is 5.78 Å². The fourth-order valence-electron chi connectivity index (χ4n) is 1.50. The van der Waals surface area contributed by atoms with Gasteiger partial charge < -0.3 is 9.91 Å². The van der Waals surface area contributed by atoms with E-state index in [0.29, 0.717) is 23.5 Å². The second-order valence-corrected chi connectivity index (χ2v) is 4.40. The van der Waals surface area contributed by atoms with Crippen LogP contribution in [0.25, 0.3) is 5.70 Å². The van der Waals surface area contributed by atoms with Gasteiger partial charge in [-0.3, -0.25) is 9.78 Å². The highest BCUT2D eigenvalue weighted by Gasteiger charge is 2.14. The van der Waals surface area contributed by atoms with Crippen molar-refractivity contribution in [3.05, 3.63) is 36.2 Å². The predicted molar refractivity (Wildman–Crippen MR) is 72.7 cm³/mol. The number of hydrogen-bond acceptors (Lipinski definition) is 5. The molecule has 1 rings (SSSR count). The number of aromatic nitrogens is 1. The zero-order chi connectivity index (χ0) is 13.7. The van der Waals surface area contributed by atoms with Crippen LogP contribution < -0.4 is 5.84 Å². The standard InChI is InChI=1S/C13H20N4O/c1-10(17(14)9-8-16(3)4)13-12(11(2)18)6-5-7-15-13/h5-7H,1,8-9,14H2,2-4H3. The summed E-state index contributed by atoms with van der Waals surface area (Å²) in [5.74, 6) is 5.88. The minimum Gasteiger partial charge on any atom is -0.308 e. The van der Waals surface area contributed by atoms with Crippen molar-refractivity contribution < 1.29 is 4.79 Å². The Morgan fingerprint density at radius 3 is 2.67 bits per heavy atom. The van der Waals surface area contributed by atoms with E-state index in [1.807, 2.05) is 19.0 Å². The molecule has 0 unspecified atom stereocenters. The van der Waals surface area contributed by atoms with Crippen LogP contribution in [-0.2, 0) is 0 Å². The van der Waals surface area contributed by atoms with Crippen molar-refractivity contribution in [3.63, 3.8) is 0 Å². The lowest BCUT2D eigenvalue weighted by Crippen LogP contribution is -2.36. The molecule has 0 aliphatic rings. The predicted octanol–water partition coefficient (Wildman–Crippen LogP) is 0.992. The van der Waals surface area contributed by atoms with Gasteiger partial charge in [0.25, 0.3) is 0 Å². The van der Waals surface area contributed by atoms with E-state index in [4.69, 9.17) is 5.84 Å². The summed E-state index contributed by atoms with van der Waals surface area (Å²) in [5.41, 5.74) is 1.65. The zero-order valence-corrected chi connectivity index (χ0v) is 11.2. The van der Waals surface area contributed by atoms with Crippen LogP contribution >= 0.6 is 0 Å². The molecule has 5 nitrogen and oxygen atoms in total. The average Bonchev–Trinajstić information content (AvgIpc) is 2.34. The SMILES string of the molecule is C=C(c1ncccc1C(C)=O)N(N)CCN(C)C. The van der Waals surface area contributed by atoms with Gasteiger partial charge in [0, 0.05) is 24.8 Å². The summed E-state index contributed by atoms with van der Waals surface area (Å²) in [5, 5.41) is 1.52. The van der Waals surface area contributed by atoms with Crippen LogP contribution in [0.1, 0.15) is 23.0 Å². The third-order valence-corrected chi connectivity index (χ3v) is 2.60. The number of Topliss-reactive ketones (excluding diaryl/α,β-unsaturated/α-hetero) is 1. The Hall–Kier alpha value is -1.72. The number of carbonyl (C=O) groups excluding carboxylic acids is 1. The van der Waals surface area contributed by atoms with Gasteiger partial charge in [-0.25, -0.2) is 5.84 Å². The van der Waals surface area contributed by atoms with Crippen LogP contribution in [0, 0.1) is 0 Å². The molecule has 0 bridgehead atoms. The first-order valence-corrected chi connectivity index (χ1v) is 5.75. The molecule has 1 heterocycles. The topological polar surface area (TPSA) is 62.5 Å². The van der Waals surface area contributed by atoms with Crippen molar-refractivity contribution in [1.29, 1.82) is 0 Å². The van der Waals surface area contributed by atoms with Crippen LogP contribution in [-0.4, -0.2) is 47.9 Å². The molecule has 0 saturated carbocycles. The van der Waals surface area contributed by atoms with Crippen molar-refractivity contribution >= 4 is 11.5 Å². The average molecular weight is 248 g/mol. The molecule has 1 aromatic rings. The van der Waals surface area contributed by atoms with Crippen molar-refractivity contribution in [3.8, 4) is 0 Å². The smallest absolute Gasteiger partial charge is 0.162 e. The largest absolute Gasteiger partial charge is 0.308 e. The van der Waals surface area contributed by atoms with Crippen molar-refractivity contribution in [2.45, 2.75) is 6.92 Å². The van der Waals surface area contributed by atoms with Gasteiger partial charge in [0.2, 0.25) is 0 Å². The number of hydrazine groups is 1. The highest BCUT2D eigenvalue weighted by molar-refractivity contribution is 5.97. The summed E-state index contributed by atoms with van der Waals surface area (Å²) < 4.78 is 0. The minimum atomic E-state index is -0.0414. The number of nitrogens with two attached hydrogens (primary N) is 1. The number of carbonyl (C=O) groups is 1. The molecule has 0 aliphatic heterocycles. The quantitative estimate of drug-likeness (QED) is 0.462. The lowest BCUT2D eigenvalue weighted by Gasteiger charge is -2.23. The number of rotatable bonds is 6. The van der Waals surface area contributed by atoms with E-state index in [1.165, 1.54) is 11.9 Å². The highest BCUT2D eigenvalue weighted by atomic mass is 16.1. The molecule has 0 amide bonds. The Bertz CT molecular complexity index is 442. The van der Waals surface area contributed by atoms with Gasteiger partial charge in [0.1, 0.15) is 0 Å². The summed E-state index contributed by atoms with van der Waals surface area (Å²) in [4.78, 5) is 17.7. The maximum Gasteiger partial charge on any atom is 0.162 e. The summed E-state index contributed by atoms with van der Waals surface area (Å²) in [7, 11) is 3.94. The first-order valence-electron chi connectivity index (χ1n) is 5.75. The second kappa shape index (κ2) is 6.28. The Kier molecular flexibility index (Phi) is 5.00. The Labute approximate surface area is 108 Å². The molecule has 0 spiro atoms. The second-order valence-electron chi connectivity index (χ2n) is 4.40. The van der Waals surface area contributed by atoms with Crippen molar-refractivity contribution in [2.24, 2.45) is 5.84 Å². The van der Waals surface area contributed by atoms with E-state index < -0.39 is 0 Å². The molecule has 98 valence electrons. The normalized spacial score (nSPS) is 10.5. The fourth-order valence-corrected chi connectivity index (χ4v) is 1.50. The van der Waals surface area contributed by atoms with Gasteiger partial charge in [0.05, 0.1) is 11.4 Å². The monoisotopic (exact) mass is 248 g/mol. The molecule has 18 heavy (non-hydrogen) atoms. The molecular weight excluding hydrogens is 228 g/mol. The zero-order valence-electron chi connectivity index (χ0n) is 11.2. The first kappa shape index (κ1) is 14.3. The third-order valence-electron chi connectivity index (χ3n) is 2.60. The highest BCUT2D eigenvalue weighted by Crippen LogP contribution is 2.17. The number of nitrogens with zero attached hydrogens (tertiary/aromatic N) is 3. The summed E-state index contributed by atoms with van der Waals surface area (Å²) in [6, 6.07) is 3.46. The van der Waals surface area contributed by atoms with Crippen LogP contribution in [0.2, 0.25) is 0 Å². The van der Waals surface area contributed by atoms with Gasteiger partial charge in [-0.15, -0.1) is 0 Å². The van der Waals surface area contributed by atoms with Crippen LogP contribution in [0.15, 0.2) is 24.9 Å². The van der Waals surface area contributed by atoms with E-state index in [-0.39, 0.29) is 5.78 Å². The molecule has 0 radical (unpaired) electrons. The van der Waals surface area contributed by atoms with E-state index in [2.05, 4.69) is 11.6 Å². The van der Waals surface area contributed by atoms with Crippen molar-refractivity contribution in [1.82, 2.24) is 14.9 Å². The number of ketones is 1. The molecule has 0 aliphatic carbocycles. The van der Waals surface area contributed by atoms with Crippen LogP contribution in [0.3, 0.4) is 0 Å². The molecular formula is C13H20N4O. The molecule has 5 heteroatoms. The minimum absolute atomic E-state index is 0.0414. The van der Waals surface area contributed by atoms with Gasteiger partial charge in [-0.2, -0.15) is 0 Å². The van der Waals surface area contributed by atoms with Crippen molar-refractivity contribution in [2.75, 3.05) is 27.2 Å². The third kappa shape index (κ3) is 3.65. The van der Waals surface area contributed by atoms with E-state index in [0.717, 1.165) is 6.54 Å². The lowest BCUT2D eigenvalue weighted by atomic mass is 10.1. The maximum absolute atomic E-state index is 11.5. The molecule has 0 fully saturated rings.